The van der Waals surface area contributed by atoms with Crippen LogP contribution in [0.15, 0.2) is 42.5 Å². The maximum atomic E-state index is 11.7. The molecule has 0 bridgehead atoms. The molecule has 0 aliphatic heterocycles. The summed E-state index contributed by atoms with van der Waals surface area (Å²) in [7, 11) is 0. The van der Waals surface area contributed by atoms with Crippen LogP contribution in [0.2, 0.25) is 0 Å². The fraction of sp³-hybridized carbons (Fsp3) is 0.0714. The fourth-order valence-electron chi connectivity index (χ4n) is 1.65. The average Bonchev–Trinajstić information content (AvgIpc) is 2.32. The van der Waals surface area contributed by atoms with Crippen LogP contribution in [0.4, 0.5) is 0 Å². The normalized spacial score (nSPS) is 14.4. The Morgan fingerprint density at radius 2 is 1.83 bits per heavy atom. The van der Waals surface area contributed by atoms with Crippen molar-refractivity contribution in [2.45, 2.75) is 6.92 Å². The number of esters is 1. The number of carbonyl (C=O) groups excluding carboxylic acids is 3. The van der Waals surface area contributed by atoms with E-state index in [0.29, 0.717) is 5.56 Å². The first-order chi connectivity index (χ1) is 8.58. The first kappa shape index (κ1) is 12.0. The maximum absolute atomic E-state index is 11.7. The minimum atomic E-state index is -0.479. The molecule has 90 valence electrons. The monoisotopic (exact) mass is 242 g/mol. The van der Waals surface area contributed by atoms with Crippen LogP contribution in [0, 0.1) is 0 Å². The number of ketones is 2. The molecule has 2 rings (SSSR count). The van der Waals surface area contributed by atoms with Crippen LogP contribution < -0.4 is 4.74 Å². The van der Waals surface area contributed by atoms with E-state index in [-0.39, 0.29) is 22.9 Å². The summed E-state index contributed by atoms with van der Waals surface area (Å²) in [4.78, 5) is 34.0. The van der Waals surface area contributed by atoms with Gasteiger partial charge in [0.25, 0.3) is 0 Å². The van der Waals surface area contributed by atoms with Crippen LogP contribution in [-0.2, 0) is 14.4 Å². The van der Waals surface area contributed by atoms with E-state index in [1.54, 1.807) is 24.3 Å². The molecule has 1 aliphatic carbocycles. The van der Waals surface area contributed by atoms with Crippen molar-refractivity contribution >= 4 is 23.1 Å². The zero-order valence-corrected chi connectivity index (χ0v) is 9.67. The van der Waals surface area contributed by atoms with Gasteiger partial charge in [-0.1, -0.05) is 18.2 Å². The van der Waals surface area contributed by atoms with Gasteiger partial charge in [0, 0.05) is 18.1 Å². The van der Waals surface area contributed by atoms with Gasteiger partial charge in [0.2, 0.25) is 0 Å². The zero-order chi connectivity index (χ0) is 13.1. The van der Waals surface area contributed by atoms with E-state index in [1.165, 1.54) is 25.2 Å². The Morgan fingerprint density at radius 1 is 1.11 bits per heavy atom. The van der Waals surface area contributed by atoms with Crippen LogP contribution in [0.1, 0.15) is 12.5 Å². The first-order valence-corrected chi connectivity index (χ1v) is 5.34. The Morgan fingerprint density at radius 3 is 2.56 bits per heavy atom. The van der Waals surface area contributed by atoms with Crippen LogP contribution in [0.3, 0.4) is 0 Å². The maximum Gasteiger partial charge on any atom is 0.308 e. The molecule has 4 nitrogen and oxygen atoms in total. The van der Waals surface area contributed by atoms with Gasteiger partial charge < -0.3 is 4.74 Å². The highest BCUT2D eigenvalue weighted by Gasteiger charge is 2.19. The molecule has 0 fully saturated rings. The second-order valence-corrected chi connectivity index (χ2v) is 3.75. The van der Waals surface area contributed by atoms with Crippen molar-refractivity contribution in [3.63, 3.8) is 0 Å². The number of allylic oxidation sites excluding steroid dienone is 4. The molecule has 0 atom stereocenters. The van der Waals surface area contributed by atoms with Crippen molar-refractivity contribution in [2.24, 2.45) is 0 Å². The largest absolute Gasteiger partial charge is 0.426 e. The fourth-order valence-corrected chi connectivity index (χ4v) is 1.65. The van der Waals surface area contributed by atoms with E-state index in [1.807, 2.05) is 0 Å². The predicted octanol–water partition coefficient (Wildman–Crippen LogP) is 1.70. The topological polar surface area (TPSA) is 60.4 Å². The molecule has 0 saturated carbocycles. The van der Waals surface area contributed by atoms with Gasteiger partial charge in [-0.3, -0.25) is 14.4 Å². The summed E-state index contributed by atoms with van der Waals surface area (Å²) in [5.41, 5.74) is 0.676. The molecule has 4 heteroatoms. The quantitative estimate of drug-likeness (QED) is 0.450. The third-order valence-corrected chi connectivity index (χ3v) is 2.38. The first-order valence-electron chi connectivity index (χ1n) is 5.34. The average molecular weight is 242 g/mol. The molecular weight excluding hydrogens is 232 g/mol. The molecule has 18 heavy (non-hydrogen) atoms. The van der Waals surface area contributed by atoms with Crippen molar-refractivity contribution in [1.29, 1.82) is 0 Å². The minimum absolute atomic E-state index is 0.236. The number of benzene rings is 1. The molecule has 0 heterocycles. The Hall–Kier alpha value is -2.49. The molecule has 1 aliphatic rings. The summed E-state index contributed by atoms with van der Waals surface area (Å²) in [5, 5.41) is 0. The summed E-state index contributed by atoms with van der Waals surface area (Å²) >= 11 is 0. The van der Waals surface area contributed by atoms with Crippen LogP contribution in [-0.4, -0.2) is 17.5 Å². The van der Waals surface area contributed by atoms with E-state index >= 15 is 0 Å². The Kier molecular flexibility index (Phi) is 3.19. The van der Waals surface area contributed by atoms with E-state index in [2.05, 4.69) is 0 Å². The number of rotatable bonds is 2. The van der Waals surface area contributed by atoms with Crippen LogP contribution in [0.5, 0.6) is 5.75 Å². The van der Waals surface area contributed by atoms with Crippen LogP contribution >= 0.6 is 0 Å². The van der Waals surface area contributed by atoms with Gasteiger partial charge in [0.15, 0.2) is 11.6 Å². The Bertz CT molecular complexity index is 594. The smallest absolute Gasteiger partial charge is 0.308 e. The molecule has 0 aromatic heterocycles. The van der Waals surface area contributed by atoms with Gasteiger partial charge >= 0.3 is 5.97 Å². The summed E-state index contributed by atoms with van der Waals surface area (Å²) in [5.74, 6) is -0.752. The molecular formula is C14H10O4. The lowest BCUT2D eigenvalue weighted by Gasteiger charge is -2.11. The third-order valence-electron chi connectivity index (χ3n) is 2.38. The predicted molar refractivity (Wildman–Crippen MR) is 64.9 cm³/mol. The highest BCUT2D eigenvalue weighted by molar-refractivity contribution is 6.34. The highest BCUT2D eigenvalue weighted by atomic mass is 16.5. The Balaban J connectivity index is 2.48. The molecule has 0 spiro atoms. The Labute approximate surface area is 104 Å². The number of carbonyl (C=O) groups is 3. The summed E-state index contributed by atoms with van der Waals surface area (Å²) in [6, 6.07) is 6.61. The second-order valence-electron chi connectivity index (χ2n) is 3.75. The second kappa shape index (κ2) is 4.79. The lowest BCUT2D eigenvalue weighted by molar-refractivity contribution is -0.132. The van der Waals surface area contributed by atoms with E-state index in [4.69, 9.17) is 4.74 Å². The summed E-state index contributed by atoms with van der Waals surface area (Å²) in [6.07, 6.45) is 3.66. The molecule has 1 aromatic carbocycles. The molecule has 0 N–H and O–H groups in total. The number of hydrogen-bond acceptors (Lipinski definition) is 4. The van der Waals surface area contributed by atoms with Gasteiger partial charge in [-0.15, -0.1) is 0 Å². The van der Waals surface area contributed by atoms with Crippen molar-refractivity contribution in [2.75, 3.05) is 0 Å². The highest BCUT2D eigenvalue weighted by Crippen LogP contribution is 2.28. The lowest BCUT2D eigenvalue weighted by Crippen LogP contribution is -2.09. The number of para-hydroxylation sites is 1. The number of ether oxygens (including phenoxy) is 1. The molecule has 0 unspecified atom stereocenters. The van der Waals surface area contributed by atoms with Gasteiger partial charge in [0.05, 0.1) is 0 Å². The zero-order valence-electron chi connectivity index (χ0n) is 9.67. The van der Waals surface area contributed by atoms with E-state index in [9.17, 15) is 14.4 Å². The van der Waals surface area contributed by atoms with Gasteiger partial charge in [-0.05, 0) is 24.3 Å². The van der Waals surface area contributed by atoms with Crippen molar-refractivity contribution in [3.8, 4) is 5.75 Å². The molecule has 0 amide bonds. The standard InChI is InChI=1S/C14H10O4/c1-9(15)18-14-5-3-2-4-11(14)12-8-10(16)6-7-13(12)17/h2-8H,1H3. The van der Waals surface area contributed by atoms with E-state index < -0.39 is 5.97 Å². The van der Waals surface area contributed by atoms with Crippen molar-refractivity contribution in [3.05, 3.63) is 48.1 Å². The summed E-state index contributed by atoms with van der Waals surface area (Å²) < 4.78 is 5.01. The van der Waals surface area contributed by atoms with Crippen LogP contribution in [0.25, 0.3) is 5.57 Å². The van der Waals surface area contributed by atoms with Gasteiger partial charge in [0.1, 0.15) is 5.75 Å². The lowest BCUT2D eigenvalue weighted by atomic mass is 9.96. The SMILES string of the molecule is CC(=O)Oc1ccccc1C1=CC(=O)C=CC1=O. The summed E-state index contributed by atoms with van der Waals surface area (Å²) in [6.45, 7) is 1.28. The molecule has 0 radical (unpaired) electrons. The third kappa shape index (κ3) is 2.43. The van der Waals surface area contributed by atoms with Crippen molar-refractivity contribution < 1.29 is 19.1 Å². The van der Waals surface area contributed by atoms with Gasteiger partial charge in [-0.2, -0.15) is 0 Å². The van der Waals surface area contributed by atoms with E-state index in [0.717, 1.165) is 0 Å². The molecule has 0 saturated heterocycles. The minimum Gasteiger partial charge on any atom is -0.426 e. The number of hydrogen-bond donors (Lipinski definition) is 0. The molecule has 1 aromatic rings. The van der Waals surface area contributed by atoms with Gasteiger partial charge in [-0.25, -0.2) is 0 Å². The van der Waals surface area contributed by atoms with Crippen molar-refractivity contribution in [1.82, 2.24) is 0 Å².